The van der Waals surface area contributed by atoms with Crippen LogP contribution >= 0.6 is 0 Å². The maximum Gasteiger partial charge on any atom is 0.118 e. The quantitative estimate of drug-likeness (QED) is 0.778. The van der Waals surface area contributed by atoms with Gasteiger partial charge in [0, 0.05) is 7.11 Å². The summed E-state index contributed by atoms with van der Waals surface area (Å²) in [6.07, 6.45) is 0. The van der Waals surface area contributed by atoms with Crippen LogP contribution in [0.25, 0.3) is 0 Å². The summed E-state index contributed by atoms with van der Waals surface area (Å²) in [6, 6.07) is 8.07. The Morgan fingerprint density at radius 3 is 1.69 bits per heavy atom. The smallest absolute Gasteiger partial charge is 0.118 e. The van der Waals surface area contributed by atoms with Gasteiger partial charge in [-0.25, -0.2) is 0 Å². The van der Waals surface area contributed by atoms with Gasteiger partial charge < -0.3 is 9.47 Å². The molecule has 1 atom stereocenters. The van der Waals surface area contributed by atoms with Gasteiger partial charge in [-0.3, -0.25) is 0 Å². The van der Waals surface area contributed by atoms with E-state index in [1.54, 1.807) is 14.2 Å². The monoisotopic (exact) mass is 222 g/mol. The Bertz CT molecular complexity index is 335. The minimum atomic E-state index is -0.292. The Balaban J connectivity index is 3.13. The van der Waals surface area contributed by atoms with Crippen molar-refractivity contribution in [1.29, 1.82) is 0 Å². The van der Waals surface area contributed by atoms with Gasteiger partial charge in [0.2, 0.25) is 0 Å². The van der Waals surface area contributed by atoms with Gasteiger partial charge in [0.25, 0.3) is 0 Å². The average Bonchev–Trinajstić information content (AvgIpc) is 2.26. The van der Waals surface area contributed by atoms with E-state index >= 15 is 0 Å². The zero-order chi connectivity index (χ0) is 12.4. The molecule has 2 nitrogen and oxygen atoms in total. The SMILES string of the molecule is COc1ccc(C(C)(OC)C(C)(C)C)cc1. The van der Waals surface area contributed by atoms with Crippen molar-refractivity contribution in [2.45, 2.75) is 33.3 Å². The molecule has 0 spiro atoms. The molecule has 0 aliphatic rings. The van der Waals surface area contributed by atoms with E-state index in [1.165, 1.54) is 5.56 Å². The molecule has 16 heavy (non-hydrogen) atoms. The first kappa shape index (κ1) is 13.0. The van der Waals surface area contributed by atoms with Crippen molar-refractivity contribution in [2.24, 2.45) is 5.41 Å². The van der Waals surface area contributed by atoms with E-state index in [2.05, 4.69) is 39.8 Å². The minimum Gasteiger partial charge on any atom is -0.497 e. The first-order chi connectivity index (χ1) is 7.35. The van der Waals surface area contributed by atoms with Crippen molar-refractivity contribution >= 4 is 0 Å². The third-order valence-corrected chi connectivity index (χ3v) is 3.48. The van der Waals surface area contributed by atoms with E-state index < -0.39 is 0 Å². The lowest BCUT2D eigenvalue weighted by Gasteiger charge is -2.41. The molecule has 0 saturated heterocycles. The Labute approximate surface area is 98.6 Å². The highest BCUT2D eigenvalue weighted by Crippen LogP contribution is 2.42. The molecule has 0 aliphatic heterocycles. The summed E-state index contributed by atoms with van der Waals surface area (Å²) in [4.78, 5) is 0. The van der Waals surface area contributed by atoms with Crippen molar-refractivity contribution < 1.29 is 9.47 Å². The van der Waals surface area contributed by atoms with E-state index in [4.69, 9.17) is 9.47 Å². The van der Waals surface area contributed by atoms with Crippen LogP contribution in [0.4, 0.5) is 0 Å². The third-order valence-electron chi connectivity index (χ3n) is 3.48. The van der Waals surface area contributed by atoms with Crippen molar-refractivity contribution in [3.8, 4) is 5.75 Å². The third kappa shape index (κ3) is 2.22. The van der Waals surface area contributed by atoms with Gasteiger partial charge in [-0.05, 0) is 30.0 Å². The van der Waals surface area contributed by atoms with Gasteiger partial charge in [0.15, 0.2) is 0 Å². The summed E-state index contributed by atoms with van der Waals surface area (Å²) in [6.45, 7) is 8.66. The van der Waals surface area contributed by atoms with Crippen LogP contribution in [-0.4, -0.2) is 14.2 Å². The molecule has 2 heteroatoms. The molecule has 1 aromatic rings. The second kappa shape index (κ2) is 4.46. The van der Waals surface area contributed by atoms with Gasteiger partial charge in [-0.1, -0.05) is 32.9 Å². The Morgan fingerprint density at radius 1 is 0.875 bits per heavy atom. The zero-order valence-electron chi connectivity index (χ0n) is 11.1. The highest BCUT2D eigenvalue weighted by molar-refractivity contribution is 5.31. The number of hydrogen-bond donors (Lipinski definition) is 0. The van der Waals surface area contributed by atoms with Crippen LogP contribution in [0, 0.1) is 5.41 Å². The van der Waals surface area contributed by atoms with Crippen LogP contribution in [0.15, 0.2) is 24.3 Å². The normalized spacial score (nSPS) is 15.6. The summed E-state index contributed by atoms with van der Waals surface area (Å²) in [5.74, 6) is 0.871. The fourth-order valence-corrected chi connectivity index (χ4v) is 1.77. The van der Waals surface area contributed by atoms with E-state index in [0.29, 0.717) is 0 Å². The van der Waals surface area contributed by atoms with Crippen LogP contribution in [0.5, 0.6) is 5.75 Å². The van der Waals surface area contributed by atoms with Crippen molar-refractivity contribution in [3.63, 3.8) is 0 Å². The van der Waals surface area contributed by atoms with E-state index in [1.807, 2.05) is 12.1 Å². The first-order valence-electron chi connectivity index (χ1n) is 5.55. The van der Waals surface area contributed by atoms with Gasteiger partial charge in [-0.2, -0.15) is 0 Å². The van der Waals surface area contributed by atoms with Crippen molar-refractivity contribution in [3.05, 3.63) is 29.8 Å². The summed E-state index contributed by atoms with van der Waals surface area (Å²) in [5, 5.41) is 0. The molecule has 0 amide bonds. The topological polar surface area (TPSA) is 18.5 Å². The summed E-state index contributed by atoms with van der Waals surface area (Å²) in [7, 11) is 3.43. The Hall–Kier alpha value is -1.02. The molecule has 0 aromatic heterocycles. The van der Waals surface area contributed by atoms with Crippen LogP contribution in [0.2, 0.25) is 0 Å². The Morgan fingerprint density at radius 2 is 1.38 bits per heavy atom. The number of methoxy groups -OCH3 is 2. The zero-order valence-corrected chi connectivity index (χ0v) is 11.1. The lowest BCUT2D eigenvalue weighted by atomic mass is 9.73. The second-order valence-electron chi connectivity index (χ2n) is 5.22. The molecule has 0 N–H and O–H groups in total. The van der Waals surface area contributed by atoms with E-state index in [9.17, 15) is 0 Å². The fourth-order valence-electron chi connectivity index (χ4n) is 1.77. The van der Waals surface area contributed by atoms with Crippen LogP contribution < -0.4 is 4.74 Å². The van der Waals surface area contributed by atoms with E-state index in [0.717, 1.165) is 5.75 Å². The maximum absolute atomic E-state index is 5.72. The minimum absolute atomic E-state index is 0.0380. The van der Waals surface area contributed by atoms with E-state index in [-0.39, 0.29) is 11.0 Å². The molecule has 0 saturated carbocycles. The summed E-state index contributed by atoms with van der Waals surface area (Å²) < 4.78 is 10.9. The van der Waals surface area contributed by atoms with Crippen molar-refractivity contribution in [2.75, 3.05) is 14.2 Å². The lowest BCUT2D eigenvalue weighted by Crippen LogP contribution is -2.38. The number of ether oxygens (including phenoxy) is 2. The first-order valence-corrected chi connectivity index (χ1v) is 5.55. The predicted molar refractivity (Wildman–Crippen MR) is 66.8 cm³/mol. The molecule has 0 heterocycles. The van der Waals surface area contributed by atoms with Gasteiger partial charge in [0.05, 0.1) is 12.7 Å². The fraction of sp³-hybridized carbons (Fsp3) is 0.571. The standard InChI is InChI=1S/C14H22O2/c1-13(2,3)14(4,16-6)11-7-9-12(15-5)10-8-11/h7-10H,1-6H3. The summed E-state index contributed by atoms with van der Waals surface area (Å²) >= 11 is 0. The molecule has 0 aliphatic carbocycles. The molecular formula is C14H22O2. The molecule has 0 fully saturated rings. The summed E-state index contributed by atoms with van der Waals surface area (Å²) in [5.41, 5.74) is 0.915. The largest absolute Gasteiger partial charge is 0.497 e. The highest BCUT2D eigenvalue weighted by atomic mass is 16.5. The molecule has 0 radical (unpaired) electrons. The molecule has 1 aromatic carbocycles. The number of benzene rings is 1. The molecule has 1 rings (SSSR count). The van der Waals surface area contributed by atoms with Crippen LogP contribution in [0.3, 0.4) is 0 Å². The molecule has 0 bridgehead atoms. The predicted octanol–water partition coefficient (Wildman–Crippen LogP) is 3.60. The molecule has 90 valence electrons. The number of hydrogen-bond acceptors (Lipinski definition) is 2. The second-order valence-corrected chi connectivity index (χ2v) is 5.22. The molecule has 1 unspecified atom stereocenters. The maximum atomic E-state index is 5.72. The number of rotatable bonds is 3. The van der Waals surface area contributed by atoms with Gasteiger partial charge >= 0.3 is 0 Å². The van der Waals surface area contributed by atoms with Crippen LogP contribution in [0.1, 0.15) is 33.3 Å². The van der Waals surface area contributed by atoms with Crippen LogP contribution in [-0.2, 0) is 10.3 Å². The van der Waals surface area contributed by atoms with Crippen molar-refractivity contribution in [1.82, 2.24) is 0 Å². The molecular weight excluding hydrogens is 200 g/mol. The Kier molecular flexibility index (Phi) is 3.64. The average molecular weight is 222 g/mol. The highest BCUT2D eigenvalue weighted by Gasteiger charge is 2.39. The van der Waals surface area contributed by atoms with Gasteiger partial charge in [-0.15, -0.1) is 0 Å². The lowest BCUT2D eigenvalue weighted by molar-refractivity contribution is -0.0836. The van der Waals surface area contributed by atoms with Gasteiger partial charge in [0.1, 0.15) is 5.75 Å².